The van der Waals surface area contributed by atoms with Gasteiger partial charge in [-0.1, -0.05) is 26.0 Å². The molecule has 0 aromatic heterocycles. The highest BCUT2D eigenvalue weighted by molar-refractivity contribution is 7.99. The molecule has 2 rings (SSSR count). The third-order valence-corrected chi connectivity index (χ3v) is 4.73. The molecular weight excluding hydrogens is 266 g/mol. The maximum Gasteiger partial charge on any atom is 0.0677 e. The van der Waals surface area contributed by atoms with Crippen LogP contribution in [0, 0.1) is 0 Å². The van der Waals surface area contributed by atoms with Crippen molar-refractivity contribution in [1.82, 2.24) is 5.32 Å². The lowest BCUT2D eigenvalue weighted by Gasteiger charge is -2.19. The fourth-order valence-corrected chi connectivity index (χ4v) is 3.47. The van der Waals surface area contributed by atoms with Crippen molar-refractivity contribution >= 4 is 11.8 Å². The van der Waals surface area contributed by atoms with Crippen molar-refractivity contribution in [2.24, 2.45) is 0 Å². The minimum atomic E-state index is 0.0776. The lowest BCUT2D eigenvalue weighted by atomic mass is 10.1. The van der Waals surface area contributed by atoms with Crippen LogP contribution in [0.3, 0.4) is 0 Å². The zero-order valence-corrected chi connectivity index (χ0v) is 13.9. The van der Waals surface area contributed by atoms with E-state index in [0.29, 0.717) is 12.1 Å². The molecule has 0 bridgehead atoms. The number of hydrogen-bond donors (Lipinski definition) is 1. The Morgan fingerprint density at radius 3 is 2.85 bits per heavy atom. The molecule has 1 atom stereocenters. The van der Waals surface area contributed by atoms with Crippen LogP contribution in [-0.4, -0.2) is 23.5 Å². The molecule has 1 N–H and O–H groups in total. The highest BCUT2D eigenvalue weighted by atomic mass is 32.2. The van der Waals surface area contributed by atoms with Gasteiger partial charge in [0.15, 0.2) is 0 Å². The smallest absolute Gasteiger partial charge is 0.0677 e. The average molecular weight is 293 g/mol. The molecule has 0 spiro atoms. The summed E-state index contributed by atoms with van der Waals surface area (Å²) >= 11 is 1.91. The molecule has 0 amide bonds. The Kier molecular flexibility index (Phi) is 5.53. The first-order chi connectivity index (χ1) is 9.44. The molecule has 3 heteroatoms. The molecule has 1 fully saturated rings. The minimum Gasteiger partial charge on any atom is -0.371 e. The molecule has 1 aromatic rings. The second kappa shape index (κ2) is 6.97. The first-order valence-corrected chi connectivity index (χ1v) is 8.56. The van der Waals surface area contributed by atoms with E-state index in [4.69, 9.17) is 4.74 Å². The predicted molar refractivity (Wildman–Crippen MR) is 87.3 cm³/mol. The van der Waals surface area contributed by atoms with Gasteiger partial charge in [-0.15, -0.1) is 11.8 Å². The molecule has 1 saturated heterocycles. The Labute approximate surface area is 127 Å². The molecule has 112 valence electrons. The summed E-state index contributed by atoms with van der Waals surface area (Å²) in [7, 11) is 0. The van der Waals surface area contributed by atoms with Gasteiger partial charge in [0.05, 0.1) is 11.7 Å². The lowest BCUT2D eigenvalue weighted by molar-refractivity contribution is -0.00466. The SMILES string of the molecule is CC(C)NCc1cccc(SCC2CCC(C)(C)O2)c1. The van der Waals surface area contributed by atoms with Gasteiger partial charge in [0, 0.05) is 23.2 Å². The van der Waals surface area contributed by atoms with Crippen LogP contribution >= 0.6 is 11.8 Å². The summed E-state index contributed by atoms with van der Waals surface area (Å²) in [6.45, 7) is 9.68. The van der Waals surface area contributed by atoms with Crippen LogP contribution in [0.1, 0.15) is 46.1 Å². The predicted octanol–water partition coefficient (Wildman–Crippen LogP) is 4.23. The van der Waals surface area contributed by atoms with Crippen LogP contribution in [0.15, 0.2) is 29.2 Å². The van der Waals surface area contributed by atoms with E-state index in [9.17, 15) is 0 Å². The Morgan fingerprint density at radius 1 is 1.40 bits per heavy atom. The molecule has 2 nitrogen and oxygen atoms in total. The zero-order valence-electron chi connectivity index (χ0n) is 13.1. The van der Waals surface area contributed by atoms with Crippen LogP contribution in [0.4, 0.5) is 0 Å². The van der Waals surface area contributed by atoms with Crippen LogP contribution in [0.5, 0.6) is 0 Å². The summed E-state index contributed by atoms with van der Waals surface area (Å²) in [4.78, 5) is 1.35. The Balaban J connectivity index is 1.82. The van der Waals surface area contributed by atoms with Gasteiger partial charge in [0.1, 0.15) is 0 Å². The fraction of sp³-hybridized carbons (Fsp3) is 0.647. The monoisotopic (exact) mass is 293 g/mol. The summed E-state index contributed by atoms with van der Waals surface area (Å²) in [6.07, 6.45) is 2.78. The zero-order chi connectivity index (χ0) is 14.6. The molecule has 1 heterocycles. The van der Waals surface area contributed by atoms with E-state index >= 15 is 0 Å². The first-order valence-electron chi connectivity index (χ1n) is 7.57. The van der Waals surface area contributed by atoms with E-state index in [0.717, 1.165) is 12.3 Å². The third-order valence-electron chi connectivity index (χ3n) is 3.60. The average Bonchev–Trinajstić information content (AvgIpc) is 2.74. The molecule has 1 unspecified atom stereocenters. The van der Waals surface area contributed by atoms with E-state index in [1.54, 1.807) is 0 Å². The van der Waals surface area contributed by atoms with Crippen molar-refractivity contribution in [2.45, 2.75) is 69.7 Å². The fourth-order valence-electron chi connectivity index (χ4n) is 2.45. The summed E-state index contributed by atoms with van der Waals surface area (Å²) in [5.74, 6) is 1.06. The number of nitrogens with one attached hydrogen (secondary N) is 1. The molecule has 1 aliphatic rings. The van der Waals surface area contributed by atoms with Crippen LogP contribution in [-0.2, 0) is 11.3 Å². The maximum atomic E-state index is 6.05. The highest BCUT2D eigenvalue weighted by Gasteiger charge is 2.31. The van der Waals surface area contributed by atoms with Crippen molar-refractivity contribution in [3.8, 4) is 0 Å². The molecule has 1 aliphatic heterocycles. The summed E-state index contributed by atoms with van der Waals surface area (Å²) < 4.78 is 6.05. The van der Waals surface area contributed by atoms with Gasteiger partial charge in [0.25, 0.3) is 0 Å². The summed E-state index contributed by atoms with van der Waals surface area (Å²) in [6, 6.07) is 9.36. The number of hydrogen-bond acceptors (Lipinski definition) is 3. The normalized spacial score (nSPS) is 21.6. The van der Waals surface area contributed by atoms with Crippen LogP contribution in [0.2, 0.25) is 0 Å². The highest BCUT2D eigenvalue weighted by Crippen LogP contribution is 2.32. The largest absolute Gasteiger partial charge is 0.371 e. The molecular formula is C17H27NOS. The Hall–Kier alpha value is -0.510. The van der Waals surface area contributed by atoms with Gasteiger partial charge >= 0.3 is 0 Å². The number of rotatable bonds is 6. The summed E-state index contributed by atoms with van der Waals surface area (Å²) in [5.41, 5.74) is 1.44. The third kappa shape index (κ3) is 5.12. The standard InChI is InChI=1S/C17H27NOS/c1-13(2)18-11-14-6-5-7-16(10-14)20-12-15-8-9-17(3,4)19-15/h5-7,10,13,15,18H,8-9,11-12H2,1-4H3. The van der Waals surface area contributed by atoms with Gasteiger partial charge in [-0.25, -0.2) is 0 Å². The van der Waals surface area contributed by atoms with E-state index in [2.05, 4.69) is 57.3 Å². The number of ether oxygens (including phenoxy) is 1. The molecule has 20 heavy (non-hydrogen) atoms. The number of benzene rings is 1. The van der Waals surface area contributed by atoms with Crippen molar-refractivity contribution in [1.29, 1.82) is 0 Å². The molecule has 0 saturated carbocycles. The van der Waals surface area contributed by atoms with Crippen LogP contribution < -0.4 is 5.32 Å². The van der Waals surface area contributed by atoms with E-state index in [1.807, 2.05) is 11.8 Å². The van der Waals surface area contributed by atoms with Gasteiger partial charge in [-0.2, -0.15) is 0 Å². The minimum absolute atomic E-state index is 0.0776. The van der Waals surface area contributed by atoms with Crippen molar-refractivity contribution < 1.29 is 4.74 Å². The Bertz CT molecular complexity index is 431. The molecule has 1 aromatic carbocycles. The van der Waals surface area contributed by atoms with E-state index in [1.165, 1.54) is 23.3 Å². The topological polar surface area (TPSA) is 21.3 Å². The van der Waals surface area contributed by atoms with Crippen molar-refractivity contribution in [3.05, 3.63) is 29.8 Å². The van der Waals surface area contributed by atoms with Crippen LogP contribution in [0.25, 0.3) is 0 Å². The van der Waals surface area contributed by atoms with E-state index in [-0.39, 0.29) is 5.60 Å². The molecule has 0 radical (unpaired) electrons. The van der Waals surface area contributed by atoms with E-state index < -0.39 is 0 Å². The first kappa shape index (κ1) is 15.9. The van der Waals surface area contributed by atoms with Crippen molar-refractivity contribution in [3.63, 3.8) is 0 Å². The lowest BCUT2D eigenvalue weighted by Crippen LogP contribution is -2.21. The quantitative estimate of drug-likeness (QED) is 0.793. The Morgan fingerprint density at radius 2 is 2.20 bits per heavy atom. The summed E-state index contributed by atoms with van der Waals surface area (Å²) in [5, 5.41) is 3.46. The van der Waals surface area contributed by atoms with Gasteiger partial charge < -0.3 is 10.1 Å². The van der Waals surface area contributed by atoms with Gasteiger partial charge in [-0.05, 0) is 44.4 Å². The van der Waals surface area contributed by atoms with Gasteiger partial charge in [-0.3, -0.25) is 0 Å². The van der Waals surface area contributed by atoms with Crippen molar-refractivity contribution in [2.75, 3.05) is 5.75 Å². The number of thioether (sulfide) groups is 1. The maximum absolute atomic E-state index is 6.05. The second-order valence-corrected chi connectivity index (χ2v) is 7.63. The molecule has 0 aliphatic carbocycles. The van der Waals surface area contributed by atoms with Gasteiger partial charge in [0.2, 0.25) is 0 Å². The second-order valence-electron chi connectivity index (χ2n) is 6.53.